The first-order chi connectivity index (χ1) is 12.6. The molecule has 0 amide bonds. The van der Waals surface area contributed by atoms with Crippen LogP contribution < -0.4 is 0 Å². The molecular weight excluding hydrogens is 344 g/mol. The van der Waals surface area contributed by atoms with E-state index in [0.29, 0.717) is 25.9 Å². The predicted octanol–water partition coefficient (Wildman–Crippen LogP) is 4.14. The van der Waals surface area contributed by atoms with Crippen LogP contribution in [-0.4, -0.2) is 41.8 Å². The van der Waals surface area contributed by atoms with Crippen LogP contribution in [0.15, 0.2) is 23.3 Å². The number of esters is 1. The van der Waals surface area contributed by atoms with Gasteiger partial charge in [-0.3, -0.25) is 9.59 Å². The third-order valence-corrected chi connectivity index (χ3v) is 5.26. The van der Waals surface area contributed by atoms with E-state index in [2.05, 4.69) is 0 Å². The SMILES string of the molecule is CC(=O)OCC=C1CC[C@H](O)C(C)(CCCC(C)C(=O)CC=C(C)C)OC1. The fourth-order valence-electron chi connectivity index (χ4n) is 3.16. The molecule has 0 aliphatic carbocycles. The molecule has 1 fully saturated rings. The van der Waals surface area contributed by atoms with E-state index >= 15 is 0 Å². The number of ketones is 1. The second-order valence-corrected chi connectivity index (χ2v) is 8.07. The van der Waals surface area contributed by atoms with Crippen molar-refractivity contribution >= 4 is 11.8 Å². The minimum absolute atomic E-state index is 0.0197. The lowest BCUT2D eigenvalue weighted by Crippen LogP contribution is -2.41. The third kappa shape index (κ3) is 8.85. The molecule has 5 nitrogen and oxygen atoms in total. The zero-order valence-corrected chi connectivity index (χ0v) is 17.5. The molecule has 0 spiro atoms. The van der Waals surface area contributed by atoms with Gasteiger partial charge in [-0.1, -0.05) is 18.6 Å². The molecule has 0 aromatic heterocycles. The summed E-state index contributed by atoms with van der Waals surface area (Å²) < 4.78 is 11.0. The number of carbonyl (C=O) groups is 2. The van der Waals surface area contributed by atoms with Crippen molar-refractivity contribution in [1.29, 1.82) is 0 Å². The van der Waals surface area contributed by atoms with Crippen molar-refractivity contribution in [3.05, 3.63) is 23.3 Å². The Balaban J connectivity index is 2.50. The van der Waals surface area contributed by atoms with Gasteiger partial charge in [0.15, 0.2) is 0 Å². The Morgan fingerprint density at radius 1 is 1.37 bits per heavy atom. The summed E-state index contributed by atoms with van der Waals surface area (Å²) in [4.78, 5) is 23.0. The van der Waals surface area contributed by atoms with E-state index in [4.69, 9.17) is 9.47 Å². The average Bonchev–Trinajstić information content (AvgIpc) is 2.73. The highest BCUT2D eigenvalue weighted by molar-refractivity contribution is 5.82. The molecule has 1 N–H and O–H groups in total. The summed E-state index contributed by atoms with van der Waals surface area (Å²) in [5.74, 6) is -0.0230. The van der Waals surface area contributed by atoms with Crippen LogP contribution in [0.3, 0.4) is 0 Å². The van der Waals surface area contributed by atoms with Crippen LogP contribution in [-0.2, 0) is 19.1 Å². The van der Waals surface area contributed by atoms with Crippen LogP contribution in [0, 0.1) is 5.92 Å². The Hall–Kier alpha value is -1.46. The van der Waals surface area contributed by atoms with Gasteiger partial charge in [-0.2, -0.15) is 0 Å². The minimum Gasteiger partial charge on any atom is -0.462 e. The lowest BCUT2D eigenvalue weighted by Gasteiger charge is -2.33. The maximum atomic E-state index is 12.2. The quantitative estimate of drug-likeness (QED) is 0.481. The lowest BCUT2D eigenvalue weighted by molar-refractivity contribution is -0.139. The van der Waals surface area contributed by atoms with Crippen LogP contribution in [0.4, 0.5) is 0 Å². The van der Waals surface area contributed by atoms with Crippen molar-refractivity contribution in [3.8, 4) is 0 Å². The van der Waals surface area contributed by atoms with Crippen LogP contribution in [0.1, 0.15) is 73.1 Å². The van der Waals surface area contributed by atoms with E-state index in [1.807, 2.05) is 39.8 Å². The number of aliphatic hydroxyl groups is 1. The standard InChI is InChI=1S/C22H36O5/c1-16(2)8-10-20(24)17(3)7-6-13-22(5)21(25)11-9-19(15-27-22)12-14-26-18(4)23/h8,12,17,21,25H,6-7,9-11,13-15H2,1-5H3/t17?,21-,22?/m0/s1. The lowest BCUT2D eigenvalue weighted by atomic mass is 9.87. The molecule has 0 saturated carbocycles. The van der Waals surface area contributed by atoms with Gasteiger partial charge in [0.1, 0.15) is 12.4 Å². The van der Waals surface area contributed by atoms with Gasteiger partial charge in [-0.05, 0) is 64.5 Å². The first-order valence-corrected chi connectivity index (χ1v) is 9.93. The molecule has 154 valence electrons. The summed E-state index contributed by atoms with van der Waals surface area (Å²) in [6.07, 6.45) is 7.49. The van der Waals surface area contributed by atoms with E-state index in [0.717, 1.165) is 30.4 Å². The molecule has 27 heavy (non-hydrogen) atoms. The molecule has 2 unspecified atom stereocenters. The number of carbonyl (C=O) groups excluding carboxylic acids is 2. The number of allylic oxidation sites excluding steroid dienone is 2. The molecule has 1 rings (SSSR count). The molecule has 1 heterocycles. The monoisotopic (exact) mass is 380 g/mol. The topological polar surface area (TPSA) is 72.8 Å². The van der Waals surface area contributed by atoms with Crippen molar-refractivity contribution in [3.63, 3.8) is 0 Å². The minimum atomic E-state index is -0.611. The fourth-order valence-corrected chi connectivity index (χ4v) is 3.16. The molecule has 0 aromatic carbocycles. The highest BCUT2D eigenvalue weighted by atomic mass is 16.5. The van der Waals surface area contributed by atoms with Gasteiger partial charge in [0.2, 0.25) is 0 Å². The summed E-state index contributed by atoms with van der Waals surface area (Å²) in [5.41, 5.74) is 1.60. The number of aliphatic hydroxyl groups excluding tert-OH is 1. The maximum absolute atomic E-state index is 12.2. The molecule has 1 aliphatic heterocycles. The van der Waals surface area contributed by atoms with Gasteiger partial charge in [0.05, 0.1) is 18.3 Å². The van der Waals surface area contributed by atoms with Crippen molar-refractivity contribution in [2.75, 3.05) is 13.2 Å². The number of hydrogen-bond donors (Lipinski definition) is 1. The third-order valence-electron chi connectivity index (χ3n) is 5.26. The smallest absolute Gasteiger partial charge is 0.302 e. The maximum Gasteiger partial charge on any atom is 0.302 e. The number of ether oxygens (including phenoxy) is 2. The highest BCUT2D eigenvalue weighted by Gasteiger charge is 2.36. The molecular formula is C22H36O5. The number of hydrogen-bond acceptors (Lipinski definition) is 5. The van der Waals surface area contributed by atoms with Gasteiger partial charge >= 0.3 is 5.97 Å². The normalized spacial score (nSPS) is 25.6. The van der Waals surface area contributed by atoms with E-state index in [9.17, 15) is 14.7 Å². The van der Waals surface area contributed by atoms with E-state index in [-0.39, 0.29) is 24.3 Å². The Kier molecular flexibility index (Phi) is 9.95. The Labute approximate surface area is 163 Å². The number of Topliss-reactive ketones (excluding diaryl/α,β-unsaturated/α-hetero) is 1. The van der Waals surface area contributed by atoms with Crippen LogP contribution in [0.5, 0.6) is 0 Å². The van der Waals surface area contributed by atoms with Gasteiger partial charge in [0.25, 0.3) is 0 Å². The average molecular weight is 381 g/mol. The van der Waals surface area contributed by atoms with Crippen LogP contribution in [0.2, 0.25) is 0 Å². The molecule has 0 aromatic rings. The summed E-state index contributed by atoms with van der Waals surface area (Å²) in [7, 11) is 0. The Morgan fingerprint density at radius 3 is 2.70 bits per heavy atom. The second-order valence-electron chi connectivity index (χ2n) is 8.07. The Bertz CT molecular complexity index is 559. The summed E-state index contributed by atoms with van der Waals surface area (Å²) in [6, 6.07) is 0. The molecule has 5 heteroatoms. The van der Waals surface area contributed by atoms with E-state index in [1.54, 1.807) is 0 Å². The predicted molar refractivity (Wildman–Crippen MR) is 106 cm³/mol. The Morgan fingerprint density at radius 2 is 2.07 bits per heavy atom. The summed E-state index contributed by atoms with van der Waals surface area (Å²) in [6.45, 7) is 9.98. The molecule has 1 saturated heterocycles. The van der Waals surface area contributed by atoms with Crippen molar-refractivity contribution in [2.24, 2.45) is 5.92 Å². The van der Waals surface area contributed by atoms with Gasteiger partial charge < -0.3 is 14.6 Å². The van der Waals surface area contributed by atoms with Crippen molar-refractivity contribution in [1.82, 2.24) is 0 Å². The zero-order valence-electron chi connectivity index (χ0n) is 17.5. The van der Waals surface area contributed by atoms with Crippen molar-refractivity contribution in [2.45, 2.75) is 84.8 Å². The van der Waals surface area contributed by atoms with E-state index in [1.165, 1.54) is 6.92 Å². The largest absolute Gasteiger partial charge is 0.462 e. The summed E-state index contributed by atoms with van der Waals surface area (Å²) in [5, 5.41) is 10.5. The second kappa shape index (κ2) is 11.4. The number of rotatable bonds is 9. The molecule has 0 bridgehead atoms. The van der Waals surface area contributed by atoms with Gasteiger partial charge in [-0.25, -0.2) is 0 Å². The summed E-state index contributed by atoms with van der Waals surface area (Å²) >= 11 is 0. The zero-order chi connectivity index (χ0) is 20.4. The first kappa shape index (κ1) is 23.6. The highest BCUT2D eigenvalue weighted by Crippen LogP contribution is 2.31. The first-order valence-electron chi connectivity index (χ1n) is 9.93. The molecule has 0 radical (unpaired) electrons. The molecule has 3 atom stereocenters. The van der Waals surface area contributed by atoms with Crippen LogP contribution in [0.25, 0.3) is 0 Å². The van der Waals surface area contributed by atoms with Gasteiger partial charge in [-0.15, -0.1) is 0 Å². The van der Waals surface area contributed by atoms with E-state index < -0.39 is 11.7 Å². The fraction of sp³-hybridized carbons (Fsp3) is 0.727. The van der Waals surface area contributed by atoms with Crippen LogP contribution >= 0.6 is 0 Å². The van der Waals surface area contributed by atoms with Crippen molar-refractivity contribution < 1.29 is 24.2 Å². The van der Waals surface area contributed by atoms with Gasteiger partial charge in [0, 0.05) is 19.3 Å². The molecule has 1 aliphatic rings.